The van der Waals surface area contributed by atoms with Crippen LogP contribution in [0.5, 0.6) is 0 Å². The zero-order chi connectivity index (χ0) is 16.8. The van der Waals surface area contributed by atoms with E-state index in [4.69, 9.17) is 0 Å². The molecule has 1 aliphatic heterocycles. The van der Waals surface area contributed by atoms with Gasteiger partial charge in [0.2, 0.25) is 0 Å². The number of aromatic nitrogens is 1. The van der Waals surface area contributed by atoms with Gasteiger partial charge in [0, 0.05) is 12.7 Å². The van der Waals surface area contributed by atoms with E-state index in [-0.39, 0.29) is 5.56 Å². The molecule has 0 atom stereocenters. The summed E-state index contributed by atoms with van der Waals surface area (Å²) in [6.45, 7) is 3.86. The minimum absolute atomic E-state index is 0.136. The third-order valence-corrected chi connectivity index (χ3v) is 5.07. The van der Waals surface area contributed by atoms with Crippen LogP contribution in [-0.4, -0.2) is 28.6 Å². The first-order valence-corrected chi connectivity index (χ1v) is 8.40. The number of nitrogens with one attached hydrogen (secondary N) is 1. The number of aryl methyl sites for hydroxylation is 1. The Labute approximate surface area is 139 Å². The molecule has 0 radical (unpaired) electrons. The molecular weight excluding hydrogens is 304 g/mol. The molecular formula is C19H20N2O3. The summed E-state index contributed by atoms with van der Waals surface area (Å²) in [6.07, 6.45) is 7.02. The van der Waals surface area contributed by atoms with Gasteiger partial charge in [0.1, 0.15) is 5.56 Å². The zero-order valence-corrected chi connectivity index (χ0v) is 13.6. The lowest BCUT2D eigenvalue weighted by Crippen LogP contribution is -2.24. The average Bonchev–Trinajstić information content (AvgIpc) is 3.41. The van der Waals surface area contributed by atoms with Crippen LogP contribution in [0.15, 0.2) is 29.2 Å². The summed E-state index contributed by atoms with van der Waals surface area (Å²) < 4.78 is 1.53. The van der Waals surface area contributed by atoms with Crippen molar-refractivity contribution in [3.8, 4) is 0 Å². The molecule has 0 saturated heterocycles. The van der Waals surface area contributed by atoms with E-state index in [1.807, 2.05) is 13.0 Å². The summed E-state index contributed by atoms with van der Waals surface area (Å²) >= 11 is 0. The van der Waals surface area contributed by atoms with Crippen molar-refractivity contribution in [1.29, 1.82) is 0 Å². The minimum Gasteiger partial charge on any atom is -0.477 e. The Hall–Kier alpha value is -2.40. The predicted molar refractivity (Wildman–Crippen MR) is 92.8 cm³/mol. The van der Waals surface area contributed by atoms with Gasteiger partial charge in [0.05, 0.1) is 5.52 Å². The highest BCUT2D eigenvalue weighted by Crippen LogP contribution is 2.43. The van der Waals surface area contributed by atoms with Gasteiger partial charge < -0.3 is 10.4 Å². The summed E-state index contributed by atoms with van der Waals surface area (Å²) in [7, 11) is 0. The first-order valence-electron chi connectivity index (χ1n) is 8.40. The van der Waals surface area contributed by atoms with Crippen molar-refractivity contribution >= 4 is 17.1 Å². The quantitative estimate of drug-likeness (QED) is 0.910. The molecule has 5 nitrogen and oxygen atoms in total. The molecule has 2 aromatic rings. The molecule has 1 saturated carbocycles. The molecule has 1 aliphatic carbocycles. The highest BCUT2D eigenvalue weighted by molar-refractivity contribution is 5.89. The van der Waals surface area contributed by atoms with E-state index in [0.29, 0.717) is 5.92 Å². The standard InChI is InChI=1S/C19H20N2O3/c1-11-14(13-4-7-20-8-5-13)6-9-21-17(11)15(12-2-3-12)10-16(18(21)22)19(23)24/h4,6,9-10,12,20H,2-3,5,7-8H2,1H3,(H,23,24). The van der Waals surface area contributed by atoms with Crippen molar-refractivity contribution in [2.75, 3.05) is 13.1 Å². The molecule has 0 unspecified atom stereocenters. The first kappa shape index (κ1) is 15.1. The lowest BCUT2D eigenvalue weighted by molar-refractivity contribution is 0.0694. The average molecular weight is 324 g/mol. The van der Waals surface area contributed by atoms with Gasteiger partial charge in [-0.2, -0.15) is 0 Å². The van der Waals surface area contributed by atoms with Crippen LogP contribution in [-0.2, 0) is 0 Å². The van der Waals surface area contributed by atoms with Crippen molar-refractivity contribution < 1.29 is 9.90 Å². The minimum atomic E-state index is -1.15. The Kier molecular flexibility index (Phi) is 3.53. The molecule has 124 valence electrons. The number of carboxylic acid groups (broad SMARTS) is 1. The number of aromatic carboxylic acids is 1. The fourth-order valence-corrected chi connectivity index (χ4v) is 3.67. The van der Waals surface area contributed by atoms with Crippen LogP contribution in [0.4, 0.5) is 0 Å². The molecule has 2 aliphatic rings. The predicted octanol–water partition coefficient (Wildman–Crippen LogP) is 2.56. The fraction of sp³-hybridized carbons (Fsp3) is 0.368. The van der Waals surface area contributed by atoms with Gasteiger partial charge in [0.15, 0.2) is 0 Å². The first-order chi connectivity index (χ1) is 11.6. The smallest absolute Gasteiger partial charge is 0.341 e. The molecule has 0 amide bonds. The molecule has 0 spiro atoms. The maximum atomic E-state index is 12.6. The second-order valence-electron chi connectivity index (χ2n) is 6.65. The topological polar surface area (TPSA) is 70.8 Å². The molecule has 3 heterocycles. The second kappa shape index (κ2) is 5.60. The van der Waals surface area contributed by atoms with E-state index >= 15 is 0 Å². The third-order valence-electron chi connectivity index (χ3n) is 5.07. The second-order valence-corrected chi connectivity index (χ2v) is 6.65. The van der Waals surface area contributed by atoms with Gasteiger partial charge in [-0.25, -0.2) is 4.79 Å². The Balaban J connectivity index is 2.02. The maximum absolute atomic E-state index is 12.6. The monoisotopic (exact) mass is 324 g/mol. The maximum Gasteiger partial charge on any atom is 0.341 e. The molecule has 5 heteroatoms. The Bertz CT molecular complexity index is 936. The van der Waals surface area contributed by atoms with Crippen LogP contribution in [0.2, 0.25) is 0 Å². The SMILES string of the molecule is Cc1c(C2=CCNCC2)ccn2c(=O)c(C(=O)O)cc(C3CC3)c12. The van der Waals surface area contributed by atoms with E-state index in [1.165, 1.54) is 15.5 Å². The molecule has 0 bridgehead atoms. The summed E-state index contributed by atoms with van der Waals surface area (Å²) in [6, 6.07) is 3.55. The van der Waals surface area contributed by atoms with Crippen molar-refractivity contribution in [2.24, 2.45) is 0 Å². The van der Waals surface area contributed by atoms with Crippen molar-refractivity contribution in [3.63, 3.8) is 0 Å². The van der Waals surface area contributed by atoms with E-state index in [2.05, 4.69) is 11.4 Å². The van der Waals surface area contributed by atoms with Crippen LogP contribution in [0.1, 0.15) is 52.2 Å². The van der Waals surface area contributed by atoms with Gasteiger partial charge in [-0.05, 0) is 73.0 Å². The van der Waals surface area contributed by atoms with E-state index in [9.17, 15) is 14.7 Å². The number of carboxylic acids is 1. The molecule has 2 N–H and O–H groups in total. The molecule has 2 aromatic heterocycles. The molecule has 24 heavy (non-hydrogen) atoms. The number of hydrogen-bond donors (Lipinski definition) is 2. The number of pyridine rings is 2. The van der Waals surface area contributed by atoms with Crippen LogP contribution < -0.4 is 10.9 Å². The van der Waals surface area contributed by atoms with Crippen LogP contribution in [0, 0.1) is 6.92 Å². The summed E-state index contributed by atoms with van der Waals surface area (Å²) in [4.78, 5) is 24.0. The largest absolute Gasteiger partial charge is 0.477 e. The number of rotatable bonds is 3. The normalized spacial score (nSPS) is 17.8. The fourth-order valence-electron chi connectivity index (χ4n) is 3.67. The molecule has 4 rings (SSSR count). The Morgan fingerprint density at radius 3 is 2.79 bits per heavy atom. The number of fused-ring (bicyclic) bond motifs is 1. The summed E-state index contributed by atoms with van der Waals surface area (Å²) in [5.74, 6) is -0.784. The van der Waals surface area contributed by atoms with E-state index < -0.39 is 11.5 Å². The van der Waals surface area contributed by atoms with Gasteiger partial charge in [-0.15, -0.1) is 0 Å². The number of hydrogen-bond acceptors (Lipinski definition) is 3. The molecule has 1 fully saturated rings. The van der Waals surface area contributed by atoms with E-state index in [1.54, 1.807) is 12.3 Å². The van der Waals surface area contributed by atoms with Crippen LogP contribution in [0.25, 0.3) is 11.1 Å². The third kappa shape index (κ3) is 2.36. The van der Waals surface area contributed by atoms with Gasteiger partial charge in [-0.1, -0.05) is 6.08 Å². The van der Waals surface area contributed by atoms with Gasteiger partial charge >= 0.3 is 5.97 Å². The Morgan fingerprint density at radius 1 is 1.38 bits per heavy atom. The van der Waals surface area contributed by atoms with Crippen molar-refractivity contribution in [2.45, 2.75) is 32.1 Å². The summed E-state index contributed by atoms with van der Waals surface area (Å²) in [5.41, 5.74) is 4.84. The highest BCUT2D eigenvalue weighted by Gasteiger charge is 2.29. The van der Waals surface area contributed by atoms with Crippen molar-refractivity contribution in [1.82, 2.24) is 9.72 Å². The van der Waals surface area contributed by atoms with Crippen molar-refractivity contribution in [3.05, 3.63) is 57.0 Å². The van der Waals surface area contributed by atoms with E-state index in [0.717, 1.165) is 49.0 Å². The highest BCUT2D eigenvalue weighted by atomic mass is 16.4. The lowest BCUT2D eigenvalue weighted by atomic mass is 9.94. The van der Waals surface area contributed by atoms with Gasteiger partial charge in [-0.3, -0.25) is 9.20 Å². The molecule has 0 aromatic carbocycles. The number of nitrogens with zero attached hydrogens (tertiary/aromatic N) is 1. The van der Waals surface area contributed by atoms with Crippen LogP contribution >= 0.6 is 0 Å². The summed E-state index contributed by atoms with van der Waals surface area (Å²) in [5, 5.41) is 12.7. The van der Waals surface area contributed by atoms with Crippen LogP contribution in [0.3, 0.4) is 0 Å². The lowest BCUT2D eigenvalue weighted by Gasteiger charge is -2.19. The number of carbonyl (C=O) groups is 1. The zero-order valence-electron chi connectivity index (χ0n) is 13.6. The Morgan fingerprint density at radius 2 is 2.17 bits per heavy atom. The van der Waals surface area contributed by atoms with Gasteiger partial charge in [0.25, 0.3) is 5.56 Å².